The molecule has 7 rings (SSSR count). The quantitative estimate of drug-likeness (QED) is 0.0270. The first-order chi connectivity index (χ1) is 26.8. The number of hydroxylamine groups is 1. The molecule has 1 aliphatic heterocycles. The van der Waals surface area contributed by atoms with Crippen LogP contribution < -0.4 is 5.32 Å². The Hall–Kier alpha value is -7.55. The van der Waals surface area contributed by atoms with E-state index in [9.17, 15) is 19.6 Å². The first-order valence-electron chi connectivity index (χ1n) is 17.4. The molecule has 1 atom stereocenters. The number of carboxylic acid groups (broad SMARTS) is 1. The van der Waals surface area contributed by atoms with Gasteiger partial charge in [-0.15, -0.1) is 4.74 Å². The van der Waals surface area contributed by atoms with Crippen LogP contribution in [0.4, 0.5) is 5.69 Å². The van der Waals surface area contributed by atoms with Gasteiger partial charge in [0, 0.05) is 16.8 Å². The molecule has 0 bridgehead atoms. The molecule has 0 aromatic heterocycles. The fraction of sp³-hybridized carbons (Fsp3) is 0.0667. The van der Waals surface area contributed by atoms with Gasteiger partial charge in [-0.3, -0.25) is 14.4 Å². The summed E-state index contributed by atoms with van der Waals surface area (Å²) >= 11 is 0. The predicted molar refractivity (Wildman–Crippen MR) is 212 cm³/mol. The summed E-state index contributed by atoms with van der Waals surface area (Å²) in [6.45, 7) is -0.171. The maximum absolute atomic E-state index is 14.1. The Kier molecular flexibility index (Phi) is 11.7. The van der Waals surface area contributed by atoms with Gasteiger partial charge >= 0.3 is 17.8 Å². The van der Waals surface area contributed by atoms with E-state index in [0.29, 0.717) is 22.5 Å². The molecule has 0 spiro atoms. The number of hydrogen-bond acceptors (Lipinski definition) is 5. The molecule has 0 saturated heterocycles. The van der Waals surface area contributed by atoms with Crippen molar-refractivity contribution < 1.29 is 33.6 Å². The van der Waals surface area contributed by atoms with Crippen LogP contribution in [0.2, 0.25) is 0 Å². The lowest BCUT2D eigenvalue weighted by molar-refractivity contribution is -0.735. The van der Waals surface area contributed by atoms with Crippen molar-refractivity contribution in [2.24, 2.45) is 0 Å². The molecule has 0 radical (unpaired) electrons. The van der Waals surface area contributed by atoms with E-state index in [1.165, 1.54) is 0 Å². The molecule has 10 nitrogen and oxygen atoms in total. The van der Waals surface area contributed by atoms with Gasteiger partial charge in [-0.1, -0.05) is 127 Å². The van der Waals surface area contributed by atoms with Crippen LogP contribution in [0.3, 0.4) is 0 Å². The number of nitrogens with zero attached hydrogens (tertiary/aromatic N) is 4. The van der Waals surface area contributed by atoms with Crippen molar-refractivity contribution in [3.63, 3.8) is 0 Å². The zero-order chi connectivity index (χ0) is 38.7. The number of carboxylic acids is 1. The SMILES string of the molecule is C[N+]1=C(c2ccccc2)C(c2ccccc2)=[N+]([O-])C1c1ccccc1-c1cccc(NCC(=O)O)c1.[N-]=[N+]=C(C(=O)c1ccccc1)C(=O)c1ccccc1. The second kappa shape index (κ2) is 17.3. The third-order valence-corrected chi connectivity index (χ3v) is 8.94. The first kappa shape index (κ1) is 37.2. The normalized spacial score (nSPS) is 13.3. The topological polar surface area (TPSA) is 149 Å². The molecule has 10 heteroatoms. The van der Waals surface area contributed by atoms with Crippen molar-refractivity contribution >= 4 is 40.4 Å². The molecule has 0 aliphatic carbocycles. The van der Waals surface area contributed by atoms with Gasteiger partial charge in [0.05, 0.1) is 11.1 Å². The number of aliphatic carboxylic acids is 1. The van der Waals surface area contributed by atoms with Gasteiger partial charge in [0.15, 0.2) is 0 Å². The van der Waals surface area contributed by atoms with Gasteiger partial charge in [-0.2, -0.15) is 9.37 Å². The molecule has 0 saturated carbocycles. The number of ketones is 2. The van der Waals surface area contributed by atoms with Gasteiger partial charge in [-0.05, 0) is 53.6 Å². The summed E-state index contributed by atoms with van der Waals surface area (Å²) in [7, 11) is 1.95. The second-order valence-electron chi connectivity index (χ2n) is 12.5. The van der Waals surface area contributed by atoms with Crippen LogP contribution in [-0.2, 0) is 4.79 Å². The van der Waals surface area contributed by atoms with Gasteiger partial charge in [0.25, 0.3) is 23.0 Å². The Labute approximate surface area is 317 Å². The molecule has 0 fully saturated rings. The van der Waals surface area contributed by atoms with E-state index in [1.807, 2.05) is 121 Å². The smallest absolute Gasteiger partial charge is 0.409 e. The minimum absolute atomic E-state index is 0.171. The lowest BCUT2D eigenvalue weighted by Crippen LogP contribution is -2.25. The van der Waals surface area contributed by atoms with E-state index < -0.39 is 29.4 Å². The number of hydrogen-bond donors (Lipinski definition) is 2. The summed E-state index contributed by atoms with van der Waals surface area (Å²) in [5.74, 6) is -2.13. The number of carbonyl (C=O) groups excluding carboxylic acids is 2. The Morgan fingerprint density at radius 1 is 0.655 bits per heavy atom. The fourth-order valence-corrected chi connectivity index (χ4v) is 6.41. The predicted octanol–water partition coefficient (Wildman–Crippen LogP) is 7.42. The van der Waals surface area contributed by atoms with E-state index in [0.717, 1.165) is 38.3 Å². The summed E-state index contributed by atoms with van der Waals surface area (Å²) in [6.07, 6.45) is -0.581. The average Bonchev–Trinajstić information content (AvgIpc) is 3.50. The van der Waals surface area contributed by atoms with Crippen LogP contribution in [0.5, 0.6) is 0 Å². The number of rotatable bonds is 11. The monoisotopic (exact) mass is 726 g/mol. The van der Waals surface area contributed by atoms with Gasteiger partial charge < -0.3 is 21.2 Å². The van der Waals surface area contributed by atoms with Crippen molar-refractivity contribution in [2.45, 2.75) is 6.17 Å². The molecule has 1 unspecified atom stereocenters. The highest BCUT2D eigenvalue weighted by atomic mass is 16.5. The molecule has 6 aromatic rings. The van der Waals surface area contributed by atoms with E-state index in [-0.39, 0.29) is 6.54 Å². The number of benzene rings is 6. The zero-order valence-electron chi connectivity index (χ0n) is 29.8. The van der Waals surface area contributed by atoms with Crippen molar-refractivity contribution in [3.05, 3.63) is 208 Å². The van der Waals surface area contributed by atoms with E-state index in [1.54, 1.807) is 60.7 Å². The van der Waals surface area contributed by atoms with Crippen LogP contribution in [0.25, 0.3) is 16.7 Å². The molecule has 1 aliphatic rings. The highest BCUT2D eigenvalue weighted by Gasteiger charge is 2.46. The molecule has 6 aromatic carbocycles. The minimum atomic E-state index is -0.927. The van der Waals surface area contributed by atoms with E-state index >= 15 is 0 Å². The fourth-order valence-electron chi connectivity index (χ4n) is 6.41. The van der Waals surface area contributed by atoms with Crippen molar-refractivity contribution in [3.8, 4) is 11.1 Å². The van der Waals surface area contributed by atoms with Gasteiger partial charge in [0.2, 0.25) is 0 Å². The van der Waals surface area contributed by atoms with Crippen LogP contribution in [-0.4, -0.2) is 67.5 Å². The van der Waals surface area contributed by atoms with E-state index in [2.05, 4.69) is 10.1 Å². The Balaban J connectivity index is 0.000000228. The highest BCUT2D eigenvalue weighted by Crippen LogP contribution is 2.34. The lowest BCUT2D eigenvalue weighted by atomic mass is 9.97. The summed E-state index contributed by atoms with van der Waals surface area (Å²) in [5, 5.41) is 26.0. The van der Waals surface area contributed by atoms with E-state index in [4.69, 9.17) is 10.6 Å². The van der Waals surface area contributed by atoms with Crippen LogP contribution >= 0.6 is 0 Å². The van der Waals surface area contributed by atoms with Crippen molar-refractivity contribution in [2.75, 3.05) is 18.9 Å². The largest absolute Gasteiger partial charge is 0.618 e. The summed E-state index contributed by atoms with van der Waals surface area (Å²) in [6, 6.07) is 51.6. The van der Waals surface area contributed by atoms with Crippen molar-refractivity contribution in [1.82, 2.24) is 0 Å². The maximum Gasteiger partial charge on any atom is 0.409 e. The summed E-state index contributed by atoms with van der Waals surface area (Å²) in [4.78, 5) is 38.0. The third-order valence-electron chi connectivity index (χ3n) is 8.94. The van der Waals surface area contributed by atoms with Crippen LogP contribution in [0, 0.1) is 5.21 Å². The summed E-state index contributed by atoms with van der Waals surface area (Å²) < 4.78 is 3.14. The molecule has 270 valence electrons. The summed E-state index contributed by atoms with van der Waals surface area (Å²) in [5.41, 5.74) is 15.8. The second-order valence-corrected chi connectivity index (χ2v) is 12.5. The number of nitrogens with one attached hydrogen (secondary N) is 1. The highest BCUT2D eigenvalue weighted by molar-refractivity contribution is 6.70. The van der Waals surface area contributed by atoms with Gasteiger partial charge in [-0.25, -0.2) is 0 Å². The van der Waals surface area contributed by atoms with Crippen LogP contribution in [0.1, 0.15) is 43.6 Å². The lowest BCUT2D eigenvalue weighted by Gasteiger charge is -2.14. The standard InChI is InChI=1S/C30H25N3O3.C15H10N2O2/c1-32-28(21-11-4-2-5-12-21)29(22-13-6-3-7-14-22)33(36)30(32)26-18-9-8-17-25(26)23-15-10-16-24(19-23)31-20-27(34)35;16-17-13(14(18)11-7-3-1-4-8-11)15(19)12-9-5-2-6-10-12/h2-19,30-31H,20H2,1H3;1-10H/p+1. The van der Waals surface area contributed by atoms with Crippen molar-refractivity contribution in [1.29, 1.82) is 0 Å². The van der Waals surface area contributed by atoms with Crippen LogP contribution in [0.15, 0.2) is 170 Å². The molecular weight excluding hydrogens is 691 g/mol. The molecule has 55 heavy (non-hydrogen) atoms. The molecular formula is C45H36N5O5+. The first-order valence-corrected chi connectivity index (χ1v) is 17.4. The van der Waals surface area contributed by atoms with Gasteiger partial charge in [0.1, 0.15) is 19.2 Å². The Morgan fingerprint density at radius 2 is 1.13 bits per heavy atom. The number of carbonyl (C=O) groups is 3. The molecule has 1 heterocycles. The number of Topliss-reactive ketones (excluding diaryl/α,β-unsaturated/α-hetero) is 2. The maximum atomic E-state index is 14.1. The Morgan fingerprint density at radius 3 is 1.65 bits per heavy atom. The number of anilines is 1. The third kappa shape index (κ3) is 8.41. The minimum Gasteiger partial charge on any atom is -0.618 e. The Bertz CT molecular complexity index is 2340. The molecule has 0 amide bonds. The zero-order valence-corrected chi connectivity index (χ0v) is 29.8. The molecule has 2 N–H and O–H groups in total. The average molecular weight is 727 g/mol.